The van der Waals surface area contributed by atoms with E-state index in [9.17, 15) is 9.59 Å². The number of ether oxygens (including phenoxy) is 5. The van der Waals surface area contributed by atoms with Gasteiger partial charge in [-0.3, -0.25) is 4.79 Å². The second-order valence-electron chi connectivity index (χ2n) is 5.55. The van der Waals surface area contributed by atoms with Crippen LogP contribution in [0.25, 0.3) is 0 Å². The molecule has 0 radical (unpaired) electrons. The van der Waals surface area contributed by atoms with Crippen molar-refractivity contribution in [3.05, 3.63) is 42.0 Å². The minimum absolute atomic E-state index is 0.153. The predicted molar refractivity (Wildman–Crippen MR) is 88.9 cm³/mol. The Morgan fingerprint density at radius 2 is 1.58 bits per heavy atom. The maximum Gasteiger partial charge on any atom is 0.338 e. The Bertz CT molecular complexity index is 865. The third-order valence-corrected chi connectivity index (χ3v) is 3.77. The topological polar surface area (TPSA) is 92.3 Å². The summed E-state index contributed by atoms with van der Waals surface area (Å²) in [6.07, 6.45) is 0. The zero-order valence-electron chi connectivity index (χ0n) is 13.7. The molecule has 2 aromatic carbocycles. The van der Waals surface area contributed by atoms with Crippen molar-refractivity contribution in [1.29, 1.82) is 0 Å². The van der Waals surface area contributed by atoms with Crippen LogP contribution in [0.3, 0.4) is 0 Å². The Morgan fingerprint density at radius 1 is 0.885 bits per heavy atom. The standard InChI is InChI=1S/C18H15NO7/c20-17(19-12-2-4-14-16(8-12)26-10-25-14)9-24-18(21)11-1-3-13-15(7-11)23-6-5-22-13/h1-4,7-8H,5-6,9-10H2,(H,19,20). The first-order valence-electron chi connectivity index (χ1n) is 7.95. The normalized spacial score (nSPS) is 13.8. The molecule has 134 valence electrons. The summed E-state index contributed by atoms with van der Waals surface area (Å²) in [6, 6.07) is 9.74. The average molecular weight is 357 g/mol. The highest BCUT2D eigenvalue weighted by molar-refractivity contribution is 5.96. The maximum absolute atomic E-state index is 12.1. The first kappa shape index (κ1) is 16.1. The van der Waals surface area contributed by atoms with Crippen LogP contribution in [0.5, 0.6) is 23.0 Å². The molecule has 8 heteroatoms. The van der Waals surface area contributed by atoms with Crippen LogP contribution in [0.15, 0.2) is 36.4 Å². The highest BCUT2D eigenvalue weighted by atomic mass is 16.7. The fourth-order valence-corrected chi connectivity index (χ4v) is 2.56. The Kier molecular flexibility index (Phi) is 4.22. The van der Waals surface area contributed by atoms with Crippen LogP contribution >= 0.6 is 0 Å². The smallest absolute Gasteiger partial charge is 0.338 e. The molecule has 2 heterocycles. The van der Waals surface area contributed by atoms with E-state index in [2.05, 4.69) is 5.32 Å². The lowest BCUT2D eigenvalue weighted by Gasteiger charge is -2.18. The van der Waals surface area contributed by atoms with E-state index >= 15 is 0 Å². The van der Waals surface area contributed by atoms with E-state index in [4.69, 9.17) is 23.7 Å². The number of hydrogen-bond donors (Lipinski definition) is 1. The molecule has 0 aromatic heterocycles. The van der Waals surface area contributed by atoms with E-state index in [1.807, 2.05) is 0 Å². The molecule has 0 bridgehead atoms. The molecule has 1 N–H and O–H groups in total. The van der Waals surface area contributed by atoms with Gasteiger partial charge in [-0.2, -0.15) is 0 Å². The lowest BCUT2D eigenvalue weighted by Crippen LogP contribution is -2.21. The summed E-state index contributed by atoms with van der Waals surface area (Å²) >= 11 is 0. The number of carbonyl (C=O) groups excluding carboxylic acids is 2. The van der Waals surface area contributed by atoms with Crippen molar-refractivity contribution in [3.63, 3.8) is 0 Å². The van der Waals surface area contributed by atoms with Crippen LogP contribution in [-0.4, -0.2) is 38.5 Å². The quantitative estimate of drug-likeness (QED) is 0.837. The SMILES string of the molecule is O=C(COC(=O)c1ccc2c(c1)OCCO2)Nc1ccc2c(c1)OCO2. The molecule has 0 atom stereocenters. The van der Waals surface area contributed by atoms with Crippen molar-refractivity contribution in [2.75, 3.05) is 31.9 Å². The molecular formula is C18H15NO7. The van der Waals surface area contributed by atoms with Gasteiger partial charge in [0.25, 0.3) is 5.91 Å². The third kappa shape index (κ3) is 3.34. The summed E-state index contributed by atoms with van der Waals surface area (Å²) in [5, 5.41) is 2.63. The molecule has 1 amide bonds. The van der Waals surface area contributed by atoms with E-state index in [1.165, 1.54) is 6.07 Å². The molecule has 0 fully saturated rings. The van der Waals surface area contributed by atoms with Crippen LogP contribution in [0.2, 0.25) is 0 Å². The molecule has 0 saturated heterocycles. The lowest BCUT2D eigenvalue weighted by atomic mass is 10.2. The number of benzene rings is 2. The average Bonchev–Trinajstić information content (AvgIpc) is 3.13. The first-order chi connectivity index (χ1) is 12.7. The van der Waals surface area contributed by atoms with Gasteiger partial charge < -0.3 is 29.0 Å². The summed E-state index contributed by atoms with van der Waals surface area (Å²) < 4.78 is 26.3. The molecule has 0 saturated carbocycles. The molecule has 0 unspecified atom stereocenters. The van der Waals surface area contributed by atoms with E-state index in [0.29, 0.717) is 41.9 Å². The van der Waals surface area contributed by atoms with E-state index in [0.717, 1.165) is 0 Å². The van der Waals surface area contributed by atoms with Crippen molar-refractivity contribution >= 4 is 17.6 Å². The Balaban J connectivity index is 1.33. The van der Waals surface area contributed by atoms with Crippen molar-refractivity contribution in [1.82, 2.24) is 0 Å². The molecule has 8 nitrogen and oxygen atoms in total. The molecule has 4 rings (SSSR count). The second-order valence-corrected chi connectivity index (χ2v) is 5.55. The van der Waals surface area contributed by atoms with Crippen molar-refractivity contribution in [3.8, 4) is 23.0 Å². The molecule has 2 aliphatic rings. The zero-order valence-corrected chi connectivity index (χ0v) is 13.7. The lowest BCUT2D eigenvalue weighted by molar-refractivity contribution is -0.119. The number of amides is 1. The summed E-state index contributed by atoms with van der Waals surface area (Å²) in [5.41, 5.74) is 0.805. The Morgan fingerprint density at radius 3 is 2.46 bits per heavy atom. The monoisotopic (exact) mass is 357 g/mol. The molecule has 26 heavy (non-hydrogen) atoms. The highest BCUT2D eigenvalue weighted by Gasteiger charge is 2.17. The summed E-state index contributed by atoms with van der Waals surface area (Å²) in [6.45, 7) is 0.627. The largest absolute Gasteiger partial charge is 0.486 e. The number of esters is 1. The van der Waals surface area contributed by atoms with E-state index in [-0.39, 0.29) is 12.4 Å². The fraction of sp³-hybridized carbons (Fsp3) is 0.222. The van der Waals surface area contributed by atoms with Gasteiger partial charge in [-0.25, -0.2) is 4.79 Å². The summed E-state index contributed by atoms with van der Waals surface area (Å²) in [7, 11) is 0. The summed E-state index contributed by atoms with van der Waals surface area (Å²) in [4.78, 5) is 24.1. The van der Waals surface area contributed by atoms with Gasteiger partial charge in [-0.05, 0) is 30.3 Å². The van der Waals surface area contributed by atoms with E-state index in [1.54, 1.807) is 30.3 Å². The van der Waals surface area contributed by atoms with Crippen LogP contribution in [0, 0.1) is 0 Å². The number of fused-ring (bicyclic) bond motifs is 2. The Labute approximate surface area is 148 Å². The Hall–Kier alpha value is -3.42. The minimum Gasteiger partial charge on any atom is -0.486 e. The second kappa shape index (κ2) is 6.83. The molecule has 2 aliphatic heterocycles. The number of carbonyl (C=O) groups is 2. The van der Waals surface area contributed by atoms with Crippen molar-refractivity contribution < 1.29 is 33.3 Å². The highest BCUT2D eigenvalue weighted by Crippen LogP contribution is 2.34. The van der Waals surface area contributed by atoms with Gasteiger partial charge in [-0.15, -0.1) is 0 Å². The number of nitrogens with one attached hydrogen (secondary N) is 1. The maximum atomic E-state index is 12.1. The van der Waals surface area contributed by atoms with Crippen molar-refractivity contribution in [2.24, 2.45) is 0 Å². The van der Waals surface area contributed by atoms with E-state index < -0.39 is 18.5 Å². The van der Waals surface area contributed by atoms with Gasteiger partial charge in [0.05, 0.1) is 5.56 Å². The number of hydrogen-bond acceptors (Lipinski definition) is 7. The molecule has 2 aromatic rings. The molecule has 0 aliphatic carbocycles. The van der Waals surface area contributed by atoms with Gasteiger partial charge in [0.15, 0.2) is 29.6 Å². The van der Waals surface area contributed by atoms with Crippen LogP contribution in [0.4, 0.5) is 5.69 Å². The van der Waals surface area contributed by atoms with Gasteiger partial charge in [-0.1, -0.05) is 0 Å². The minimum atomic E-state index is -0.622. The van der Waals surface area contributed by atoms with Crippen molar-refractivity contribution in [2.45, 2.75) is 0 Å². The molecular weight excluding hydrogens is 342 g/mol. The number of anilines is 1. The fourth-order valence-electron chi connectivity index (χ4n) is 2.56. The third-order valence-electron chi connectivity index (χ3n) is 3.77. The van der Waals surface area contributed by atoms with Gasteiger partial charge in [0.2, 0.25) is 6.79 Å². The summed E-state index contributed by atoms with van der Waals surface area (Å²) in [5.74, 6) is 1.14. The molecule has 0 spiro atoms. The van der Waals surface area contributed by atoms with Crippen LogP contribution in [-0.2, 0) is 9.53 Å². The van der Waals surface area contributed by atoms with Crippen LogP contribution in [0.1, 0.15) is 10.4 Å². The van der Waals surface area contributed by atoms with Gasteiger partial charge >= 0.3 is 5.97 Å². The zero-order chi connectivity index (χ0) is 17.9. The predicted octanol–water partition coefficient (Wildman–Crippen LogP) is 1.98. The van der Waals surface area contributed by atoms with Gasteiger partial charge in [0, 0.05) is 11.8 Å². The number of rotatable bonds is 4. The van der Waals surface area contributed by atoms with Gasteiger partial charge in [0.1, 0.15) is 13.2 Å². The van der Waals surface area contributed by atoms with Crippen LogP contribution < -0.4 is 24.3 Å². The first-order valence-corrected chi connectivity index (χ1v) is 7.95.